The highest BCUT2D eigenvalue weighted by molar-refractivity contribution is 5.40. The molecule has 2 nitrogen and oxygen atoms in total. The van der Waals surface area contributed by atoms with Gasteiger partial charge in [-0.1, -0.05) is 6.07 Å². The van der Waals surface area contributed by atoms with E-state index in [0.29, 0.717) is 5.75 Å². The van der Waals surface area contributed by atoms with Gasteiger partial charge in [0.05, 0.1) is 0 Å². The molecule has 1 rings (SSSR count). The Labute approximate surface area is 85.8 Å². The van der Waals surface area contributed by atoms with Gasteiger partial charge in [-0.2, -0.15) is 0 Å². The third kappa shape index (κ3) is 2.74. The van der Waals surface area contributed by atoms with Crippen molar-refractivity contribution in [2.45, 2.75) is 39.7 Å². The fourth-order valence-corrected chi connectivity index (χ4v) is 1.44. The zero-order valence-electron chi connectivity index (χ0n) is 9.17. The topological polar surface area (TPSA) is 46.2 Å². The SMILES string of the molecule is Cc1cc(O)c(CC[C@@H](C)N)cc1C. The zero-order valence-corrected chi connectivity index (χ0v) is 9.17. The Kier molecular flexibility index (Phi) is 3.53. The summed E-state index contributed by atoms with van der Waals surface area (Å²) < 4.78 is 0. The Bertz CT molecular complexity index is 318. The Balaban J connectivity index is 2.82. The maximum absolute atomic E-state index is 9.69. The lowest BCUT2D eigenvalue weighted by atomic mass is 10.0. The summed E-state index contributed by atoms with van der Waals surface area (Å²) in [5.74, 6) is 0.397. The molecule has 0 radical (unpaired) electrons. The summed E-state index contributed by atoms with van der Waals surface area (Å²) in [6.07, 6.45) is 1.76. The van der Waals surface area contributed by atoms with Crippen LogP contribution in [0.3, 0.4) is 0 Å². The molecule has 2 heteroatoms. The monoisotopic (exact) mass is 193 g/mol. The normalized spacial score (nSPS) is 12.9. The molecule has 0 heterocycles. The first-order valence-electron chi connectivity index (χ1n) is 5.05. The van der Waals surface area contributed by atoms with Crippen LogP contribution in [-0.2, 0) is 6.42 Å². The van der Waals surface area contributed by atoms with Crippen LogP contribution in [0.5, 0.6) is 5.75 Å². The van der Waals surface area contributed by atoms with Crippen molar-refractivity contribution in [1.29, 1.82) is 0 Å². The number of nitrogens with two attached hydrogens (primary N) is 1. The molecule has 78 valence electrons. The quantitative estimate of drug-likeness (QED) is 0.773. The van der Waals surface area contributed by atoms with Crippen LogP contribution in [0, 0.1) is 13.8 Å². The maximum atomic E-state index is 9.69. The molecule has 0 unspecified atom stereocenters. The summed E-state index contributed by atoms with van der Waals surface area (Å²) in [5.41, 5.74) is 9.04. The third-order valence-corrected chi connectivity index (χ3v) is 2.56. The van der Waals surface area contributed by atoms with Gasteiger partial charge >= 0.3 is 0 Å². The molecule has 0 saturated heterocycles. The first kappa shape index (κ1) is 11.1. The molecule has 1 aromatic rings. The number of aromatic hydroxyl groups is 1. The van der Waals surface area contributed by atoms with E-state index in [1.54, 1.807) is 0 Å². The molecule has 0 aliphatic heterocycles. The summed E-state index contributed by atoms with van der Waals surface area (Å²) in [7, 11) is 0. The fourth-order valence-electron chi connectivity index (χ4n) is 1.44. The summed E-state index contributed by atoms with van der Waals surface area (Å²) in [6, 6.07) is 4.06. The van der Waals surface area contributed by atoms with Crippen molar-refractivity contribution >= 4 is 0 Å². The number of phenolic OH excluding ortho intramolecular Hbond substituents is 1. The van der Waals surface area contributed by atoms with E-state index in [0.717, 1.165) is 24.0 Å². The molecule has 0 amide bonds. The Morgan fingerprint density at radius 1 is 1.29 bits per heavy atom. The molecule has 0 aliphatic carbocycles. The van der Waals surface area contributed by atoms with Gasteiger partial charge in [-0.15, -0.1) is 0 Å². The van der Waals surface area contributed by atoms with Crippen LogP contribution in [0.2, 0.25) is 0 Å². The Hall–Kier alpha value is -1.02. The van der Waals surface area contributed by atoms with Crippen LogP contribution in [0.4, 0.5) is 0 Å². The highest BCUT2D eigenvalue weighted by Crippen LogP contribution is 2.23. The molecule has 0 fully saturated rings. The minimum Gasteiger partial charge on any atom is -0.508 e. The van der Waals surface area contributed by atoms with Gasteiger partial charge in [-0.05, 0) is 56.4 Å². The number of hydrogen-bond acceptors (Lipinski definition) is 2. The van der Waals surface area contributed by atoms with E-state index in [2.05, 4.69) is 6.92 Å². The molecule has 14 heavy (non-hydrogen) atoms. The Morgan fingerprint density at radius 3 is 2.43 bits per heavy atom. The van der Waals surface area contributed by atoms with E-state index in [9.17, 15) is 5.11 Å². The van der Waals surface area contributed by atoms with E-state index in [-0.39, 0.29) is 6.04 Å². The molecule has 0 saturated carbocycles. The van der Waals surface area contributed by atoms with Gasteiger partial charge in [-0.3, -0.25) is 0 Å². The summed E-state index contributed by atoms with van der Waals surface area (Å²) in [5, 5.41) is 9.69. The second-order valence-corrected chi connectivity index (χ2v) is 4.08. The fraction of sp³-hybridized carbons (Fsp3) is 0.500. The van der Waals surface area contributed by atoms with E-state index < -0.39 is 0 Å². The van der Waals surface area contributed by atoms with Gasteiger partial charge in [0.2, 0.25) is 0 Å². The van der Waals surface area contributed by atoms with Crippen LogP contribution < -0.4 is 5.73 Å². The Morgan fingerprint density at radius 2 is 1.86 bits per heavy atom. The first-order chi connectivity index (χ1) is 6.50. The van der Waals surface area contributed by atoms with Crippen molar-refractivity contribution in [2.75, 3.05) is 0 Å². The number of phenols is 1. The largest absolute Gasteiger partial charge is 0.508 e. The molecule has 0 bridgehead atoms. The van der Waals surface area contributed by atoms with Crippen molar-refractivity contribution in [3.63, 3.8) is 0 Å². The van der Waals surface area contributed by atoms with Crippen molar-refractivity contribution in [3.05, 3.63) is 28.8 Å². The van der Waals surface area contributed by atoms with E-state index in [1.165, 1.54) is 5.56 Å². The van der Waals surface area contributed by atoms with Crippen LogP contribution in [0.15, 0.2) is 12.1 Å². The molecule has 3 N–H and O–H groups in total. The average molecular weight is 193 g/mol. The molecule has 0 spiro atoms. The van der Waals surface area contributed by atoms with Crippen LogP contribution in [0.1, 0.15) is 30.0 Å². The predicted octanol–water partition coefficient (Wildman–Crippen LogP) is 2.29. The highest BCUT2D eigenvalue weighted by atomic mass is 16.3. The lowest BCUT2D eigenvalue weighted by Gasteiger charge is -2.09. The summed E-state index contributed by atoms with van der Waals surface area (Å²) in [6.45, 7) is 6.05. The van der Waals surface area contributed by atoms with Crippen LogP contribution in [0.25, 0.3) is 0 Å². The number of benzene rings is 1. The highest BCUT2D eigenvalue weighted by Gasteiger charge is 2.05. The van der Waals surface area contributed by atoms with Gasteiger partial charge in [0, 0.05) is 6.04 Å². The standard InChI is InChI=1S/C12H19NO/c1-8-6-11(5-4-10(3)13)12(14)7-9(8)2/h6-7,10,14H,4-5,13H2,1-3H3/t10-/m1/s1. The second kappa shape index (κ2) is 4.47. The zero-order chi connectivity index (χ0) is 10.7. The lowest BCUT2D eigenvalue weighted by molar-refractivity contribution is 0.465. The van der Waals surface area contributed by atoms with Crippen molar-refractivity contribution < 1.29 is 5.11 Å². The van der Waals surface area contributed by atoms with E-state index in [4.69, 9.17) is 5.73 Å². The minimum absolute atomic E-state index is 0.191. The summed E-state index contributed by atoms with van der Waals surface area (Å²) >= 11 is 0. The first-order valence-corrected chi connectivity index (χ1v) is 5.05. The molecule has 1 atom stereocenters. The molecule has 0 aromatic heterocycles. The third-order valence-electron chi connectivity index (χ3n) is 2.56. The molecular formula is C12H19NO. The minimum atomic E-state index is 0.191. The van der Waals surface area contributed by atoms with Gasteiger partial charge in [-0.25, -0.2) is 0 Å². The lowest BCUT2D eigenvalue weighted by Crippen LogP contribution is -2.15. The number of rotatable bonds is 3. The predicted molar refractivity (Wildman–Crippen MR) is 59.6 cm³/mol. The average Bonchev–Trinajstić information content (AvgIpc) is 2.09. The molecule has 0 aliphatic rings. The van der Waals surface area contributed by atoms with Gasteiger partial charge < -0.3 is 10.8 Å². The smallest absolute Gasteiger partial charge is 0.119 e. The number of aryl methyl sites for hydroxylation is 3. The second-order valence-electron chi connectivity index (χ2n) is 4.08. The molecular weight excluding hydrogens is 174 g/mol. The van der Waals surface area contributed by atoms with Crippen molar-refractivity contribution in [1.82, 2.24) is 0 Å². The summed E-state index contributed by atoms with van der Waals surface area (Å²) in [4.78, 5) is 0. The van der Waals surface area contributed by atoms with Crippen LogP contribution in [-0.4, -0.2) is 11.1 Å². The van der Waals surface area contributed by atoms with Gasteiger partial charge in [0.15, 0.2) is 0 Å². The molecule has 1 aromatic carbocycles. The van der Waals surface area contributed by atoms with E-state index in [1.807, 2.05) is 26.0 Å². The van der Waals surface area contributed by atoms with Crippen molar-refractivity contribution in [2.24, 2.45) is 5.73 Å². The van der Waals surface area contributed by atoms with E-state index >= 15 is 0 Å². The van der Waals surface area contributed by atoms with Crippen LogP contribution >= 0.6 is 0 Å². The van der Waals surface area contributed by atoms with Gasteiger partial charge in [0.25, 0.3) is 0 Å². The van der Waals surface area contributed by atoms with Crippen molar-refractivity contribution in [3.8, 4) is 5.75 Å². The maximum Gasteiger partial charge on any atom is 0.119 e. The van der Waals surface area contributed by atoms with Gasteiger partial charge in [0.1, 0.15) is 5.75 Å². The number of hydrogen-bond donors (Lipinski definition) is 2.